The maximum atomic E-state index is 12.8. The van der Waals surface area contributed by atoms with Crippen molar-refractivity contribution in [1.29, 1.82) is 0 Å². The number of anilines is 2. The van der Waals surface area contributed by atoms with Gasteiger partial charge in [0.1, 0.15) is 16.5 Å². The van der Waals surface area contributed by atoms with Crippen LogP contribution in [0.25, 0.3) is 0 Å². The van der Waals surface area contributed by atoms with Crippen molar-refractivity contribution >= 4 is 46.7 Å². The van der Waals surface area contributed by atoms with Crippen LogP contribution >= 0.6 is 23.4 Å². The number of amides is 2. The van der Waals surface area contributed by atoms with Gasteiger partial charge in [0.25, 0.3) is 11.8 Å². The molecule has 0 radical (unpaired) electrons. The van der Waals surface area contributed by atoms with Gasteiger partial charge >= 0.3 is 0 Å². The third kappa shape index (κ3) is 4.39. The number of aryl methyl sites for hydroxylation is 1. The lowest BCUT2D eigenvalue weighted by Gasteiger charge is -2.27. The van der Waals surface area contributed by atoms with Gasteiger partial charge in [-0.1, -0.05) is 29.4 Å². The number of nitrogens with two attached hydrogens (primary N) is 1. The summed E-state index contributed by atoms with van der Waals surface area (Å²) in [6.45, 7) is 3.46. The summed E-state index contributed by atoms with van der Waals surface area (Å²) in [4.78, 5) is 34.9. The minimum Gasteiger partial charge on any atom is -0.365 e. The minimum atomic E-state index is -0.724. The van der Waals surface area contributed by atoms with Gasteiger partial charge in [-0.25, -0.2) is 9.97 Å². The largest absolute Gasteiger partial charge is 0.365 e. The van der Waals surface area contributed by atoms with Crippen molar-refractivity contribution < 1.29 is 9.59 Å². The van der Waals surface area contributed by atoms with E-state index in [1.807, 2.05) is 30.2 Å². The molecule has 0 spiro atoms. The SMILES string of the molecule is CSc1nc(Cl)c(C(N)=O)c(Nc2cc(C(=O)N3CCCCC3)ccc2C)n1. The number of nitrogens with one attached hydrogen (secondary N) is 1. The van der Waals surface area contributed by atoms with Crippen LogP contribution in [0.4, 0.5) is 11.5 Å². The number of hydrogen-bond donors (Lipinski definition) is 2. The quantitative estimate of drug-likeness (QED) is 0.436. The first-order chi connectivity index (χ1) is 13.4. The number of aromatic nitrogens is 2. The zero-order valence-corrected chi connectivity index (χ0v) is 17.4. The van der Waals surface area contributed by atoms with E-state index in [-0.39, 0.29) is 22.4 Å². The van der Waals surface area contributed by atoms with Gasteiger partial charge in [0.05, 0.1) is 0 Å². The molecule has 0 saturated carbocycles. The van der Waals surface area contributed by atoms with Gasteiger partial charge in [-0.3, -0.25) is 9.59 Å². The highest BCUT2D eigenvalue weighted by Crippen LogP contribution is 2.29. The number of rotatable bonds is 5. The molecule has 1 aromatic carbocycles. The van der Waals surface area contributed by atoms with E-state index in [0.717, 1.165) is 37.9 Å². The van der Waals surface area contributed by atoms with Gasteiger partial charge in [-0.15, -0.1) is 0 Å². The molecule has 28 heavy (non-hydrogen) atoms. The minimum absolute atomic E-state index is 0.00315. The van der Waals surface area contributed by atoms with Gasteiger partial charge in [0.2, 0.25) is 0 Å². The van der Waals surface area contributed by atoms with Crippen LogP contribution in [0.5, 0.6) is 0 Å². The second kappa shape index (κ2) is 8.79. The number of carbonyl (C=O) groups excluding carboxylic acids is 2. The van der Waals surface area contributed by atoms with Crippen LogP contribution < -0.4 is 11.1 Å². The fourth-order valence-corrected chi connectivity index (χ4v) is 3.79. The van der Waals surface area contributed by atoms with Crippen molar-refractivity contribution in [1.82, 2.24) is 14.9 Å². The van der Waals surface area contributed by atoms with Crippen molar-refractivity contribution in [3.05, 3.63) is 40.0 Å². The molecule has 1 fully saturated rings. The standard InChI is InChI=1S/C19H22ClN5O2S/c1-11-6-7-12(18(27)25-8-4-3-5-9-25)10-13(11)22-17-14(16(21)26)15(20)23-19(24-17)28-2/h6-7,10H,3-5,8-9H2,1-2H3,(H2,21,26)(H,22,23,24). The molecular weight excluding hydrogens is 398 g/mol. The zero-order valence-electron chi connectivity index (χ0n) is 15.8. The van der Waals surface area contributed by atoms with E-state index >= 15 is 0 Å². The topological polar surface area (TPSA) is 101 Å². The van der Waals surface area contributed by atoms with E-state index < -0.39 is 5.91 Å². The molecule has 3 rings (SSSR count). The van der Waals surface area contributed by atoms with E-state index in [0.29, 0.717) is 16.4 Å². The molecule has 0 atom stereocenters. The number of thioether (sulfide) groups is 1. The number of carbonyl (C=O) groups is 2. The molecule has 0 aliphatic carbocycles. The normalized spacial score (nSPS) is 14.0. The molecule has 2 aromatic rings. The summed E-state index contributed by atoms with van der Waals surface area (Å²) in [6.07, 6.45) is 5.03. The van der Waals surface area contributed by atoms with Crippen LogP contribution in [0.2, 0.25) is 5.15 Å². The Balaban J connectivity index is 1.95. The van der Waals surface area contributed by atoms with E-state index in [9.17, 15) is 9.59 Å². The third-order valence-corrected chi connectivity index (χ3v) is 5.48. The first-order valence-corrected chi connectivity index (χ1v) is 10.6. The Morgan fingerprint density at radius 2 is 1.93 bits per heavy atom. The van der Waals surface area contributed by atoms with E-state index in [2.05, 4.69) is 15.3 Å². The lowest BCUT2D eigenvalue weighted by Crippen LogP contribution is -2.35. The Morgan fingerprint density at radius 1 is 1.21 bits per heavy atom. The highest BCUT2D eigenvalue weighted by atomic mass is 35.5. The zero-order chi connectivity index (χ0) is 20.3. The number of primary amides is 1. The number of halogens is 1. The first kappa shape index (κ1) is 20.4. The average Bonchev–Trinajstić information content (AvgIpc) is 2.69. The Labute approximate surface area is 173 Å². The summed E-state index contributed by atoms with van der Waals surface area (Å²) in [5.41, 5.74) is 7.62. The Morgan fingerprint density at radius 3 is 2.57 bits per heavy atom. The summed E-state index contributed by atoms with van der Waals surface area (Å²) < 4.78 is 0. The Hall–Kier alpha value is -2.32. The second-order valence-electron chi connectivity index (χ2n) is 6.60. The number of piperidine rings is 1. The molecule has 0 bridgehead atoms. The maximum absolute atomic E-state index is 12.8. The summed E-state index contributed by atoms with van der Waals surface area (Å²) in [5.74, 6) is -0.496. The van der Waals surface area contributed by atoms with Gasteiger partial charge in [-0.05, 0) is 50.1 Å². The Kier molecular flexibility index (Phi) is 6.41. The number of likely N-dealkylation sites (tertiary alicyclic amines) is 1. The van der Waals surface area contributed by atoms with E-state index in [1.54, 1.807) is 6.07 Å². The third-order valence-electron chi connectivity index (χ3n) is 4.65. The number of nitrogens with zero attached hydrogens (tertiary/aromatic N) is 3. The van der Waals surface area contributed by atoms with Crippen molar-refractivity contribution in [3.8, 4) is 0 Å². The van der Waals surface area contributed by atoms with Crippen LogP contribution in [0.3, 0.4) is 0 Å². The van der Waals surface area contributed by atoms with E-state index in [4.69, 9.17) is 17.3 Å². The van der Waals surface area contributed by atoms with Crippen LogP contribution in [-0.4, -0.2) is 46.0 Å². The number of benzene rings is 1. The molecule has 1 saturated heterocycles. The predicted octanol–water partition coefficient (Wildman–Crippen LogP) is 3.63. The fourth-order valence-electron chi connectivity index (χ4n) is 3.11. The smallest absolute Gasteiger partial charge is 0.255 e. The molecule has 1 aliphatic heterocycles. The predicted molar refractivity (Wildman–Crippen MR) is 112 cm³/mol. The lowest BCUT2D eigenvalue weighted by molar-refractivity contribution is 0.0724. The van der Waals surface area contributed by atoms with Crippen molar-refractivity contribution in [2.75, 3.05) is 24.7 Å². The summed E-state index contributed by atoms with van der Waals surface area (Å²) in [6, 6.07) is 5.44. The number of hydrogen-bond acceptors (Lipinski definition) is 6. The average molecular weight is 420 g/mol. The lowest BCUT2D eigenvalue weighted by atomic mass is 10.1. The molecule has 7 nitrogen and oxygen atoms in total. The van der Waals surface area contributed by atoms with E-state index in [1.165, 1.54) is 11.8 Å². The molecule has 3 N–H and O–H groups in total. The molecule has 9 heteroatoms. The van der Waals surface area contributed by atoms with Gasteiger partial charge in [0.15, 0.2) is 5.16 Å². The summed E-state index contributed by atoms with van der Waals surface area (Å²) >= 11 is 7.43. The molecular formula is C19H22ClN5O2S. The first-order valence-electron chi connectivity index (χ1n) is 8.99. The molecule has 1 aliphatic rings. The molecule has 1 aromatic heterocycles. The summed E-state index contributed by atoms with van der Waals surface area (Å²) in [7, 11) is 0. The highest BCUT2D eigenvalue weighted by Gasteiger charge is 2.21. The van der Waals surface area contributed by atoms with Crippen LogP contribution in [0.15, 0.2) is 23.4 Å². The molecule has 2 heterocycles. The highest BCUT2D eigenvalue weighted by molar-refractivity contribution is 7.98. The summed E-state index contributed by atoms with van der Waals surface area (Å²) in [5, 5.41) is 3.52. The Bertz CT molecular complexity index is 915. The molecule has 0 unspecified atom stereocenters. The molecule has 2 amide bonds. The van der Waals surface area contributed by atoms with Gasteiger partial charge in [0, 0.05) is 24.3 Å². The van der Waals surface area contributed by atoms with Crippen molar-refractivity contribution in [2.45, 2.75) is 31.3 Å². The van der Waals surface area contributed by atoms with Gasteiger partial charge in [-0.2, -0.15) is 0 Å². The van der Waals surface area contributed by atoms with Crippen molar-refractivity contribution in [3.63, 3.8) is 0 Å². The van der Waals surface area contributed by atoms with Crippen LogP contribution in [0.1, 0.15) is 45.5 Å². The monoisotopic (exact) mass is 419 g/mol. The second-order valence-corrected chi connectivity index (χ2v) is 7.73. The maximum Gasteiger partial charge on any atom is 0.255 e. The van der Waals surface area contributed by atoms with Crippen molar-refractivity contribution in [2.24, 2.45) is 5.73 Å². The van der Waals surface area contributed by atoms with Crippen LogP contribution in [0, 0.1) is 6.92 Å². The fraction of sp³-hybridized carbons (Fsp3) is 0.368. The molecule has 148 valence electrons. The van der Waals surface area contributed by atoms with Crippen LogP contribution in [-0.2, 0) is 0 Å². The van der Waals surface area contributed by atoms with Gasteiger partial charge < -0.3 is 16.0 Å².